The minimum absolute atomic E-state index is 0.207. The van der Waals surface area contributed by atoms with Gasteiger partial charge < -0.3 is 9.73 Å². The number of thioether (sulfide) groups is 1. The number of aromatic nitrogens is 2. The number of fused-ring (bicyclic) bond motifs is 1. The quantitative estimate of drug-likeness (QED) is 0.291. The van der Waals surface area contributed by atoms with Crippen molar-refractivity contribution in [3.05, 3.63) is 105 Å². The smallest absolute Gasteiger partial charge is 0.267 e. The number of hydrogen-bond acceptors (Lipinski definition) is 7. The number of nitrogens with one attached hydrogen (secondary N) is 1. The second kappa shape index (κ2) is 9.89. The minimum atomic E-state index is -0.268. The summed E-state index contributed by atoms with van der Waals surface area (Å²) in [6.45, 7) is 2.72. The third-order valence-corrected chi connectivity index (χ3v) is 7.09. The number of pyridine rings is 1. The highest BCUT2D eigenvalue weighted by atomic mass is 32.2. The summed E-state index contributed by atoms with van der Waals surface area (Å²) >= 11 is 6.69. The number of anilines is 1. The lowest BCUT2D eigenvalue weighted by atomic mass is 10.1. The van der Waals surface area contributed by atoms with Crippen LogP contribution in [-0.2, 0) is 17.8 Å². The highest BCUT2D eigenvalue weighted by Crippen LogP contribution is 2.33. The van der Waals surface area contributed by atoms with Crippen LogP contribution < -0.4 is 10.9 Å². The third kappa shape index (κ3) is 4.78. The van der Waals surface area contributed by atoms with Crippen LogP contribution in [0.1, 0.15) is 22.5 Å². The molecule has 3 aromatic heterocycles. The average molecular weight is 503 g/mol. The lowest BCUT2D eigenvalue weighted by Gasteiger charge is -2.14. The Balaban J connectivity index is 1.49. The van der Waals surface area contributed by atoms with E-state index in [0.29, 0.717) is 51.5 Å². The molecular formula is C26H22N4O3S2. The van der Waals surface area contributed by atoms with Crippen molar-refractivity contribution in [2.75, 3.05) is 11.9 Å². The van der Waals surface area contributed by atoms with Crippen molar-refractivity contribution in [1.29, 1.82) is 0 Å². The Morgan fingerprint density at radius 3 is 2.71 bits per heavy atom. The molecule has 0 saturated carbocycles. The van der Waals surface area contributed by atoms with E-state index in [9.17, 15) is 9.59 Å². The summed E-state index contributed by atoms with van der Waals surface area (Å²) in [5.41, 5.74) is 2.57. The predicted octanol–water partition coefficient (Wildman–Crippen LogP) is 4.65. The van der Waals surface area contributed by atoms with Crippen LogP contribution in [-0.4, -0.2) is 31.1 Å². The van der Waals surface area contributed by atoms with E-state index in [-0.39, 0.29) is 11.5 Å². The summed E-state index contributed by atoms with van der Waals surface area (Å²) in [6, 6.07) is 17.3. The van der Waals surface area contributed by atoms with E-state index in [2.05, 4.69) is 5.32 Å². The van der Waals surface area contributed by atoms with Gasteiger partial charge in [0.05, 0.1) is 23.3 Å². The molecule has 0 bridgehead atoms. The summed E-state index contributed by atoms with van der Waals surface area (Å²) in [7, 11) is 0. The number of thiocarbonyl (C=S) groups is 1. The normalized spacial score (nSPS) is 14.9. The van der Waals surface area contributed by atoms with Crippen LogP contribution in [0.15, 0.2) is 81.2 Å². The number of carbonyl (C=O) groups is 1. The fourth-order valence-corrected chi connectivity index (χ4v) is 5.16. The Kier molecular flexibility index (Phi) is 6.52. The molecule has 4 aromatic rings. The maximum Gasteiger partial charge on any atom is 0.267 e. The number of carbonyl (C=O) groups excluding carboxylic acids is 1. The van der Waals surface area contributed by atoms with Gasteiger partial charge in [0, 0.05) is 12.7 Å². The first-order valence-corrected chi connectivity index (χ1v) is 12.3. The standard InChI is InChI=1S/C26H22N4O3S2/c1-17-7-5-12-29-23(17)28-22(27-16-19-10-6-14-33-19)20(24(29)31)15-21-25(32)30(26(34)35-21)13-11-18-8-3-2-4-9-18/h2-10,12,14-15,27H,11,13,16H2,1H3. The first kappa shape index (κ1) is 23.1. The van der Waals surface area contributed by atoms with Crippen LogP contribution in [0, 0.1) is 6.92 Å². The van der Waals surface area contributed by atoms with Crippen molar-refractivity contribution in [3.63, 3.8) is 0 Å². The van der Waals surface area contributed by atoms with E-state index in [1.54, 1.807) is 35.6 Å². The molecule has 35 heavy (non-hydrogen) atoms. The molecule has 4 heterocycles. The van der Waals surface area contributed by atoms with E-state index < -0.39 is 0 Å². The number of nitrogens with zero attached hydrogens (tertiary/aromatic N) is 3. The molecular weight excluding hydrogens is 480 g/mol. The fourth-order valence-electron chi connectivity index (χ4n) is 3.87. The van der Waals surface area contributed by atoms with Crippen molar-refractivity contribution in [1.82, 2.24) is 14.3 Å². The van der Waals surface area contributed by atoms with Gasteiger partial charge >= 0.3 is 0 Å². The van der Waals surface area contributed by atoms with E-state index in [1.807, 2.05) is 49.4 Å². The van der Waals surface area contributed by atoms with Gasteiger partial charge in [-0.15, -0.1) is 0 Å². The molecule has 1 saturated heterocycles. The Morgan fingerprint density at radius 1 is 1.11 bits per heavy atom. The lowest BCUT2D eigenvalue weighted by Crippen LogP contribution is -2.30. The maximum absolute atomic E-state index is 13.5. The van der Waals surface area contributed by atoms with Gasteiger partial charge in [-0.25, -0.2) is 4.98 Å². The maximum atomic E-state index is 13.5. The van der Waals surface area contributed by atoms with Gasteiger partial charge in [0.15, 0.2) is 0 Å². The number of rotatable bonds is 7. The minimum Gasteiger partial charge on any atom is -0.467 e. The molecule has 176 valence electrons. The monoisotopic (exact) mass is 502 g/mol. The van der Waals surface area contributed by atoms with E-state index in [1.165, 1.54) is 16.2 Å². The molecule has 9 heteroatoms. The van der Waals surface area contributed by atoms with Crippen molar-refractivity contribution in [3.8, 4) is 0 Å². The van der Waals surface area contributed by atoms with Crippen molar-refractivity contribution in [2.45, 2.75) is 19.9 Å². The number of hydrogen-bond donors (Lipinski definition) is 1. The fraction of sp³-hybridized carbons (Fsp3) is 0.154. The number of aryl methyl sites for hydroxylation is 1. The van der Waals surface area contributed by atoms with Crippen LogP contribution in [0.3, 0.4) is 0 Å². The summed E-state index contributed by atoms with van der Waals surface area (Å²) < 4.78 is 7.38. The van der Waals surface area contributed by atoms with Crippen LogP contribution in [0.2, 0.25) is 0 Å². The average Bonchev–Trinajstić information content (AvgIpc) is 3.47. The number of amides is 1. The molecule has 5 rings (SSSR count). The number of furan rings is 1. The SMILES string of the molecule is Cc1cccn2c(=O)c(C=C3SC(=S)N(CCc4ccccc4)C3=O)c(NCc3ccco3)nc12. The number of benzene rings is 1. The van der Waals surface area contributed by atoms with Crippen molar-refractivity contribution in [2.24, 2.45) is 0 Å². The highest BCUT2D eigenvalue weighted by molar-refractivity contribution is 8.26. The van der Waals surface area contributed by atoms with Gasteiger partial charge in [-0.3, -0.25) is 18.9 Å². The molecule has 1 fully saturated rings. The van der Waals surface area contributed by atoms with Crippen molar-refractivity contribution < 1.29 is 9.21 Å². The van der Waals surface area contributed by atoms with E-state index in [0.717, 1.165) is 11.1 Å². The Hall–Kier alpha value is -3.69. The molecule has 1 aromatic carbocycles. The van der Waals surface area contributed by atoms with Gasteiger partial charge in [-0.1, -0.05) is 60.4 Å². The van der Waals surface area contributed by atoms with E-state index in [4.69, 9.17) is 21.6 Å². The molecule has 1 aliphatic heterocycles. The van der Waals surface area contributed by atoms with Gasteiger partial charge in [-0.2, -0.15) is 0 Å². The molecule has 1 N–H and O–H groups in total. The zero-order valence-electron chi connectivity index (χ0n) is 18.9. The zero-order valence-corrected chi connectivity index (χ0v) is 20.6. The zero-order chi connectivity index (χ0) is 24.4. The lowest BCUT2D eigenvalue weighted by molar-refractivity contribution is -0.122. The summed E-state index contributed by atoms with van der Waals surface area (Å²) in [5, 5.41) is 3.20. The van der Waals surface area contributed by atoms with Gasteiger partial charge in [0.1, 0.15) is 21.5 Å². The van der Waals surface area contributed by atoms with Crippen molar-refractivity contribution >= 4 is 51.7 Å². The molecule has 1 amide bonds. The van der Waals surface area contributed by atoms with E-state index >= 15 is 0 Å². The Labute approximate surface area is 211 Å². The molecule has 0 aliphatic carbocycles. The molecule has 1 aliphatic rings. The summed E-state index contributed by atoms with van der Waals surface area (Å²) in [6.07, 6.45) is 5.55. The van der Waals surface area contributed by atoms with Crippen LogP contribution in [0.4, 0.5) is 5.82 Å². The van der Waals surface area contributed by atoms with Crippen LogP contribution >= 0.6 is 24.0 Å². The topological polar surface area (TPSA) is 79.9 Å². The summed E-state index contributed by atoms with van der Waals surface area (Å²) in [4.78, 5) is 33.4. The highest BCUT2D eigenvalue weighted by Gasteiger charge is 2.32. The Morgan fingerprint density at radius 2 is 1.94 bits per heavy atom. The van der Waals surface area contributed by atoms with Gasteiger partial charge in [0.25, 0.3) is 11.5 Å². The third-order valence-electron chi connectivity index (χ3n) is 5.71. The summed E-state index contributed by atoms with van der Waals surface area (Å²) in [5.74, 6) is 0.881. The van der Waals surface area contributed by atoms with Gasteiger partial charge in [0.2, 0.25) is 0 Å². The first-order valence-electron chi connectivity index (χ1n) is 11.1. The van der Waals surface area contributed by atoms with Crippen LogP contribution in [0.5, 0.6) is 0 Å². The predicted molar refractivity (Wildman–Crippen MR) is 142 cm³/mol. The largest absolute Gasteiger partial charge is 0.467 e. The molecule has 7 nitrogen and oxygen atoms in total. The first-order chi connectivity index (χ1) is 17.0. The van der Waals surface area contributed by atoms with Crippen LogP contribution in [0.25, 0.3) is 11.7 Å². The molecule has 0 radical (unpaired) electrons. The second-order valence-corrected chi connectivity index (χ2v) is 9.74. The molecule has 0 spiro atoms. The second-order valence-electron chi connectivity index (χ2n) is 8.07. The Bertz CT molecular complexity index is 1490. The molecule has 0 atom stereocenters. The van der Waals surface area contributed by atoms with Gasteiger partial charge in [-0.05, 0) is 48.7 Å². The molecule has 0 unspecified atom stereocenters.